The SMILES string of the molecule is CC1CCCOC([C@@H](O)CO)CCCO1. The highest BCUT2D eigenvalue weighted by Gasteiger charge is 2.19. The smallest absolute Gasteiger partial charge is 0.103 e. The second-order valence-electron chi connectivity index (χ2n) is 4.13. The monoisotopic (exact) mass is 218 g/mol. The van der Waals surface area contributed by atoms with E-state index in [1.165, 1.54) is 0 Å². The number of ether oxygens (including phenoxy) is 2. The topological polar surface area (TPSA) is 58.9 Å². The van der Waals surface area contributed by atoms with Crippen molar-refractivity contribution in [1.82, 2.24) is 0 Å². The van der Waals surface area contributed by atoms with E-state index in [0.29, 0.717) is 19.3 Å². The van der Waals surface area contributed by atoms with Gasteiger partial charge in [0.15, 0.2) is 0 Å². The summed E-state index contributed by atoms with van der Waals surface area (Å²) < 4.78 is 11.1. The molecule has 0 aromatic rings. The normalized spacial score (nSPS) is 32.2. The first-order valence-electron chi connectivity index (χ1n) is 5.76. The first-order valence-corrected chi connectivity index (χ1v) is 5.76. The molecule has 1 fully saturated rings. The molecule has 0 spiro atoms. The van der Waals surface area contributed by atoms with Crippen molar-refractivity contribution in [2.24, 2.45) is 0 Å². The van der Waals surface area contributed by atoms with Gasteiger partial charge in [-0.2, -0.15) is 0 Å². The molecular formula is C11H22O4. The van der Waals surface area contributed by atoms with Crippen LogP contribution >= 0.6 is 0 Å². The van der Waals surface area contributed by atoms with Gasteiger partial charge in [-0.3, -0.25) is 0 Å². The van der Waals surface area contributed by atoms with Gasteiger partial charge in [0.05, 0.1) is 18.8 Å². The van der Waals surface area contributed by atoms with Crippen molar-refractivity contribution < 1.29 is 19.7 Å². The molecule has 2 unspecified atom stereocenters. The van der Waals surface area contributed by atoms with E-state index in [4.69, 9.17) is 14.6 Å². The number of aliphatic hydroxyl groups is 2. The van der Waals surface area contributed by atoms with E-state index in [0.717, 1.165) is 25.7 Å². The molecule has 15 heavy (non-hydrogen) atoms. The van der Waals surface area contributed by atoms with E-state index in [9.17, 15) is 5.11 Å². The second kappa shape index (κ2) is 7.17. The Balaban J connectivity index is 2.34. The Labute approximate surface area is 91.2 Å². The lowest BCUT2D eigenvalue weighted by atomic mass is 10.1. The van der Waals surface area contributed by atoms with Gasteiger partial charge in [0.25, 0.3) is 0 Å². The predicted molar refractivity (Wildman–Crippen MR) is 56.7 cm³/mol. The summed E-state index contributed by atoms with van der Waals surface area (Å²) in [4.78, 5) is 0. The lowest BCUT2D eigenvalue weighted by molar-refractivity contribution is -0.0736. The van der Waals surface area contributed by atoms with E-state index in [2.05, 4.69) is 6.92 Å². The van der Waals surface area contributed by atoms with Gasteiger partial charge < -0.3 is 19.7 Å². The Morgan fingerprint density at radius 1 is 1.20 bits per heavy atom. The van der Waals surface area contributed by atoms with Crippen LogP contribution in [0.3, 0.4) is 0 Å². The van der Waals surface area contributed by atoms with Gasteiger partial charge in [0.2, 0.25) is 0 Å². The number of hydrogen-bond acceptors (Lipinski definition) is 4. The van der Waals surface area contributed by atoms with Crippen LogP contribution in [0.25, 0.3) is 0 Å². The molecule has 0 aromatic carbocycles. The van der Waals surface area contributed by atoms with E-state index in [1.54, 1.807) is 0 Å². The van der Waals surface area contributed by atoms with Crippen LogP contribution in [0, 0.1) is 0 Å². The summed E-state index contributed by atoms with van der Waals surface area (Å²) in [5, 5.41) is 18.4. The third-order valence-electron chi connectivity index (χ3n) is 2.74. The van der Waals surface area contributed by atoms with Crippen molar-refractivity contribution in [2.75, 3.05) is 19.8 Å². The summed E-state index contributed by atoms with van der Waals surface area (Å²) in [6.45, 7) is 3.18. The molecule has 1 saturated heterocycles. The second-order valence-corrected chi connectivity index (χ2v) is 4.13. The van der Waals surface area contributed by atoms with E-state index < -0.39 is 6.10 Å². The van der Waals surface area contributed by atoms with Gasteiger partial charge in [0.1, 0.15) is 6.10 Å². The maximum Gasteiger partial charge on any atom is 0.103 e. The minimum absolute atomic E-state index is 0.234. The maximum atomic E-state index is 9.50. The number of hydrogen-bond donors (Lipinski definition) is 2. The summed E-state index contributed by atoms with van der Waals surface area (Å²) in [6.07, 6.45) is 2.83. The Hall–Kier alpha value is -0.160. The maximum absolute atomic E-state index is 9.50. The Morgan fingerprint density at radius 3 is 2.60 bits per heavy atom. The molecule has 1 aliphatic rings. The van der Waals surface area contributed by atoms with Crippen LogP contribution in [-0.2, 0) is 9.47 Å². The van der Waals surface area contributed by atoms with Crippen molar-refractivity contribution in [3.05, 3.63) is 0 Å². The highest BCUT2D eigenvalue weighted by atomic mass is 16.5. The largest absolute Gasteiger partial charge is 0.394 e. The fourth-order valence-corrected chi connectivity index (χ4v) is 1.76. The Morgan fingerprint density at radius 2 is 1.87 bits per heavy atom. The number of rotatable bonds is 2. The van der Waals surface area contributed by atoms with Gasteiger partial charge in [-0.15, -0.1) is 0 Å². The van der Waals surface area contributed by atoms with Gasteiger partial charge in [0, 0.05) is 13.2 Å². The molecule has 3 atom stereocenters. The van der Waals surface area contributed by atoms with Gasteiger partial charge in [-0.1, -0.05) is 0 Å². The highest BCUT2D eigenvalue weighted by Crippen LogP contribution is 2.13. The summed E-state index contributed by atoms with van der Waals surface area (Å²) in [5.74, 6) is 0. The fourth-order valence-electron chi connectivity index (χ4n) is 1.76. The molecule has 4 nitrogen and oxygen atoms in total. The number of aliphatic hydroxyl groups excluding tert-OH is 2. The molecule has 0 aromatic heterocycles. The van der Waals surface area contributed by atoms with Crippen LogP contribution in [0.5, 0.6) is 0 Å². The summed E-state index contributed by atoms with van der Waals surface area (Å²) in [6, 6.07) is 0. The van der Waals surface area contributed by atoms with Crippen LogP contribution in [0.4, 0.5) is 0 Å². The first-order chi connectivity index (χ1) is 7.24. The molecule has 0 aliphatic carbocycles. The average molecular weight is 218 g/mol. The van der Waals surface area contributed by atoms with Crippen molar-refractivity contribution in [1.29, 1.82) is 0 Å². The Bertz CT molecular complexity index is 151. The highest BCUT2D eigenvalue weighted by molar-refractivity contribution is 4.69. The molecule has 0 amide bonds. The van der Waals surface area contributed by atoms with E-state index in [-0.39, 0.29) is 12.7 Å². The molecule has 2 N–H and O–H groups in total. The van der Waals surface area contributed by atoms with Gasteiger partial charge >= 0.3 is 0 Å². The Kier molecular flexibility index (Phi) is 6.17. The van der Waals surface area contributed by atoms with Crippen LogP contribution in [-0.4, -0.2) is 48.3 Å². The van der Waals surface area contributed by atoms with E-state index in [1.807, 2.05) is 0 Å². The molecule has 1 aliphatic heterocycles. The zero-order valence-corrected chi connectivity index (χ0v) is 9.39. The molecule has 1 heterocycles. The summed E-state index contributed by atoms with van der Waals surface area (Å²) in [7, 11) is 0. The lowest BCUT2D eigenvalue weighted by Crippen LogP contribution is -2.33. The van der Waals surface area contributed by atoms with Gasteiger partial charge in [-0.25, -0.2) is 0 Å². The average Bonchev–Trinajstić information content (AvgIpc) is 2.26. The zero-order chi connectivity index (χ0) is 11.1. The van der Waals surface area contributed by atoms with Crippen molar-refractivity contribution in [2.45, 2.75) is 50.9 Å². The van der Waals surface area contributed by atoms with Crippen molar-refractivity contribution >= 4 is 0 Å². The third kappa shape index (κ3) is 4.93. The molecule has 0 bridgehead atoms. The fraction of sp³-hybridized carbons (Fsp3) is 1.00. The first kappa shape index (κ1) is 12.9. The molecule has 0 radical (unpaired) electrons. The molecule has 4 heteroatoms. The summed E-state index contributed by atoms with van der Waals surface area (Å²) >= 11 is 0. The van der Waals surface area contributed by atoms with E-state index >= 15 is 0 Å². The van der Waals surface area contributed by atoms with Gasteiger partial charge in [-0.05, 0) is 32.6 Å². The quantitative estimate of drug-likeness (QED) is 0.716. The van der Waals surface area contributed by atoms with Crippen molar-refractivity contribution in [3.63, 3.8) is 0 Å². The molecule has 1 rings (SSSR count). The lowest BCUT2D eigenvalue weighted by Gasteiger charge is -2.24. The molecular weight excluding hydrogens is 196 g/mol. The minimum atomic E-state index is -0.762. The zero-order valence-electron chi connectivity index (χ0n) is 9.39. The van der Waals surface area contributed by atoms with Crippen LogP contribution in [0.2, 0.25) is 0 Å². The standard InChI is InChI=1S/C11H22O4/c1-9-4-2-7-15-11(10(13)8-12)5-3-6-14-9/h9-13H,2-8H2,1H3/t9?,10-,11?/m0/s1. The van der Waals surface area contributed by atoms with Crippen molar-refractivity contribution in [3.8, 4) is 0 Å². The molecule has 90 valence electrons. The molecule has 0 saturated carbocycles. The third-order valence-corrected chi connectivity index (χ3v) is 2.74. The minimum Gasteiger partial charge on any atom is -0.394 e. The summed E-state index contributed by atoms with van der Waals surface area (Å²) in [5.41, 5.74) is 0. The van der Waals surface area contributed by atoms with Crippen LogP contribution in [0.1, 0.15) is 32.6 Å². The predicted octanol–water partition coefficient (Wildman–Crippen LogP) is 0.704. The van der Waals surface area contributed by atoms with Crippen LogP contribution < -0.4 is 0 Å². The van der Waals surface area contributed by atoms with Crippen LogP contribution in [0.15, 0.2) is 0 Å².